The number of nitrogens with one attached hydrogen (secondary N) is 1. The molecule has 2 fully saturated rings. The number of rotatable bonds is 7. The molecule has 4 rings (SSSR count). The minimum atomic E-state index is -3.61. The Labute approximate surface area is 195 Å². The van der Waals surface area contributed by atoms with Gasteiger partial charge in [-0.25, -0.2) is 8.42 Å². The van der Waals surface area contributed by atoms with Crippen LogP contribution in [-0.4, -0.2) is 49.7 Å². The van der Waals surface area contributed by atoms with Crippen molar-refractivity contribution in [2.75, 3.05) is 26.2 Å². The second-order valence-electron chi connectivity index (χ2n) is 8.54. The van der Waals surface area contributed by atoms with Gasteiger partial charge in [0.1, 0.15) is 0 Å². The van der Waals surface area contributed by atoms with Crippen molar-refractivity contribution in [3.63, 3.8) is 0 Å². The quantitative estimate of drug-likeness (QED) is 0.656. The minimum absolute atomic E-state index is 0.111. The molecule has 2 aliphatic rings. The van der Waals surface area contributed by atoms with Crippen LogP contribution in [0.25, 0.3) is 0 Å². The molecule has 1 N–H and O–H groups in total. The minimum Gasteiger partial charge on any atom is -0.348 e. The van der Waals surface area contributed by atoms with E-state index in [1.165, 1.54) is 47.3 Å². The maximum absolute atomic E-state index is 12.9. The van der Waals surface area contributed by atoms with Gasteiger partial charge >= 0.3 is 0 Å². The number of piperidine rings is 1. The van der Waals surface area contributed by atoms with E-state index in [4.69, 9.17) is 11.6 Å². The first-order valence-electron chi connectivity index (χ1n) is 11.3. The molecule has 0 spiro atoms. The Bertz CT molecular complexity index is 1060. The summed E-state index contributed by atoms with van der Waals surface area (Å²) < 4.78 is 27.2. The lowest BCUT2D eigenvalue weighted by Gasteiger charge is -2.27. The molecule has 2 aromatic carbocycles. The average molecular weight is 476 g/mol. The molecule has 32 heavy (non-hydrogen) atoms. The molecule has 0 bridgehead atoms. The maximum atomic E-state index is 12.9. The van der Waals surface area contributed by atoms with Gasteiger partial charge in [0.2, 0.25) is 10.0 Å². The predicted molar refractivity (Wildman–Crippen MR) is 126 cm³/mol. The molecule has 6 nitrogen and oxygen atoms in total. The normalized spacial score (nSPS) is 18.0. The van der Waals surface area contributed by atoms with Crippen LogP contribution in [0, 0.1) is 0 Å². The highest BCUT2D eigenvalue weighted by Crippen LogP contribution is 2.25. The molecule has 172 valence electrons. The second kappa shape index (κ2) is 10.3. The molecule has 2 heterocycles. The van der Waals surface area contributed by atoms with Crippen LogP contribution in [0.5, 0.6) is 0 Å². The van der Waals surface area contributed by atoms with Gasteiger partial charge in [0.25, 0.3) is 5.91 Å². The summed E-state index contributed by atoms with van der Waals surface area (Å²) in [6.45, 7) is 4.47. The lowest BCUT2D eigenvalue weighted by molar-refractivity contribution is 0.0950. The third kappa shape index (κ3) is 5.34. The van der Waals surface area contributed by atoms with Gasteiger partial charge in [0.15, 0.2) is 0 Å². The van der Waals surface area contributed by atoms with E-state index in [9.17, 15) is 13.2 Å². The largest absolute Gasteiger partial charge is 0.348 e. The maximum Gasteiger partial charge on any atom is 0.253 e. The van der Waals surface area contributed by atoms with Gasteiger partial charge in [-0.3, -0.25) is 9.69 Å². The van der Waals surface area contributed by atoms with Crippen molar-refractivity contribution in [1.29, 1.82) is 0 Å². The molecule has 2 aliphatic heterocycles. The highest BCUT2D eigenvalue weighted by Gasteiger charge is 2.28. The third-order valence-corrected chi connectivity index (χ3v) is 8.51. The topological polar surface area (TPSA) is 69.7 Å². The zero-order valence-corrected chi connectivity index (χ0v) is 19.8. The number of sulfonamides is 1. The van der Waals surface area contributed by atoms with Crippen molar-refractivity contribution in [3.05, 3.63) is 64.2 Å². The third-order valence-electron chi connectivity index (χ3n) is 6.29. The zero-order valence-electron chi connectivity index (χ0n) is 18.2. The van der Waals surface area contributed by atoms with Crippen molar-refractivity contribution in [2.45, 2.75) is 50.1 Å². The zero-order chi connectivity index (χ0) is 22.6. The Balaban J connectivity index is 1.47. The Morgan fingerprint density at radius 3 is 2.28 bits per heavy atom. The molecule has 0 aliphatic carbocycles. The Hall–Kier alpha value is -1.93. The first-order valence-corrected chi connectivity index (χ1v) is 13.1. The van der Waals surface area contributed by atoms with E-state index < -0.39 is 10.0 Å². The van der Waals surface area contributed by atoms with Gasteiger partial charge in [-0.15, -0.1) is 0 Å². The van der Waals surface area contributed by atoms with Gasteiger partial charge in [0, 0.05) is 26.2 Å². The average Bonchev–Trinajstić information content (AvgIpc) is 3.35. The molecule has 1 amide bonds. The fraction of sp³-hybridized carbons (Fsp3) is 0.458. The van der Waals surface area contributed by atoms with Crippen LogP contribution in [0.2, 0.25) is 5.02 Å². The van der Waals surface area contributed by atoms with Crippen molar-refractivity contribution in [2.24, 2.45) is 0 Å². The van der Waals surface area contributed by atoms with Gasteiger partial charge in [-0.05, 0) is 68.1 Å². The first kappa shape index (κ1) is 23.2. The monoisotopic (exact) mass is 475 g/mol. The SMILES string of the molecule is O=C(NCc1ccccc1CN1CCCCC1)c1cc(S(=O)(=O)N2CCCC2)ccc1Cl. The smallest absolute Gasteiger partial charge is 0.253 e. The molecule has 2 aromatic rings. The molecular weight excluding hydrogens is 446 g/mol. The van der Waals surface area contributed by atoms with E-state index >= 15 is 0 Å². The molecule has 8 heteroatoms. The van der Waals surface area contributed by atoms with Crippen LogP contribution >= 0.6 is 11.6 Å². The molecule has 0 saturated carbocycles. The highest BCUT2D eigenvalue weighted by atomic mass is 35.5. The Morgan fingerprint density at radius 1 is 0.906 bits per heavy atom. The Kier molecular flexibility index (Phi) is 7.51. The van der Waals surface area contributed by atoms with Gasteiger partial charge in [0.05, 0.1) is 15.5 Å². The second-order valence-corrected chi connectivity index (χ2v) is 10.9. The summed E-state index contributed by atoms with van der Waals surface area (Å²) in [6, 6.07) is 12.5. The van der Waals surface area contributed by atoms with Crippen LogP contribution in [-0.2, 0) is 23.1 Å². The summed E-state index contributed by atoms with van der Waals surface area (Å²) in [5.41, 5.74) is 2.44. The molecule has 0 atom stereocenters. The van der Waals surface area contributed by atoms with Crippen LogP contribution in [0.4, 0.5) is 0 Å². The highest BCUT2D eigenvalue weighted by molar-refractivity contribution is 7.89. The van der Waals surface area contributed by atoms with Crippen LogP contribution in [0.15, 0.2) is 47.4 Å². The number of halogens is 1. The number of hydrogen-bond acceptors (Lipinski definition) is 4. The van der Waals surface area contributed by atoms with E-state index in [1.807, 2.05) is 18.2 Å². The number of carbonyl (C=O) groups excluding carboxylic acids is 1. The Morgan fingerprint density at radius 2 is 1.56 bits per heavy atom. The van der Waals surface area contributed by atoms with E-state index in [1.54, 1.807) is 0 Å². The fourth-order valence-electron chi connectivity index (χ4n) is 4.43. The number of hydrogen-bond donors (Lipinski definition) is 1. The summed E-state index contributed by atoms with van der Waals surface area (Å²) in [7, 11) is -3.61. The van der Waals surface area contributed by atoms with Crippen molar-refractivity contribution < 1.29 is 13.2 Å². The van der Waals surface area contributed by atoms with Gasteiger partial charge < -0.3 is 5.32 Å². The van der Waals surface area contributed by atoms with E-state index in [0.29, 0.717) is 19.6 Å². The van der Waals surface area contributed by atoms with Crippen molar-refractivity contribution in [3.8, 4) is 0 Å². The number of amides is 1. The van der Waals surface area contributed by atoms with Crippen molar-refractivity contribution in [1.82, 2.24) is 14.5 Å². The lowest BCUT2D eigenvalue weighted by atomic mass is 10.0. The summed E-state index contributed by atoms with van der Waals surface area (Å²) in [5.74, 6) is -0.374. The number of nitrogens with zero attached hydrogens (tertiary/aromatic N) is 2. The molecular formula is C24H30ClN3O3S. The fourth-order valence-corrected chi connectivity index (χ4v) is 6.18. The molecule has 0 aromatic heterocycles. The van der Waals surface area contributed by atoms with Gasteiger partial charge in [-0.2, -0.15) is 4.31 Å². The summed E-state index contributed by atoms with van der Waals surface area (Å²) in [6.07, 6.45) is 5.47. The number of benzene rings is 2. The summed E-state index contributed by atoms with van der Waals surface area (Å²) >= 11 is 6.27. The van der Waals surface area contributed by atoms with Crippen molar-refractivity contribution >= 4 is 27.5 Å². The van der Waals surface area contributed by atoms with E-state index in [2.05, 4.69) is 16.3 Å². The molecule has 0 unspecified atom stereocenters. The molecule has 2 saturated heterocycles. The van der Waals surface area contributed by atoms with Crippen LogP contribution in [0.1, 0.15) is 53.6 Å². The van der Waals surface area contributed by atoms with E-state index in [-0.39, 0.29) is 21.4 Å². The molecule has 0 radical (unpaired) electrons. The summed E-state index contributed by atoms with van der Waals surface area (Å²) in [5, 5.41) is 3.17. The van der Waals surface area contributed by atoms with Crippen LogP contribution < -0.4 is 5.32 Å². The van der Waals surface area contributed by atoms with Crippen LogP contribution in [0.3, 0.4) is 0 Å². The number of likely N-dealkylation sites (tertiary alicyclic amines) is 1. The lowest BCUT2D eigenvalue weighted by Crippen LogP contribution is -2.30. The summed E-state index contributed by atoms with van der Waals surface area (Å²) in [4.78, 5) is 15.5. The first-order chi connectivity index (χ1) is 15.4. The van der Waals surface area contributed by atoms with E-state index in [0.717, 1.165) is 38.0 Å². The van der Waals surface area contributed by atoms with Gasteiger partial charge in [-0.1, -0.05) is 42.3 Å². The predicted octanol–water partition coefficient (Wildman–Crippen LogP) is 4.04. The number of carbonyl (C=O) groups is 1. The standard InChI is InChI=1S/C24H30ClN3O3S/c25-23-11-10-21(32(30,31)28-14-6-7-15-28)16-22(23)24(29)26-17-19-8-2-3-9-20(19)18-27-12-4-1-5-13-27/h2-3,8-11,16H,1,4-7,12-15,17-18H2,(H,26,29).